The zero-order valence-electron chi connectivity index (χ0n) is 12.2. The standard InChI is InChI=1S/C14H21NO5/c1-6(2)8-11(16)15-5-7-9(18-12(8)15)10-13(17-7)20-14(3,4)19-10/h6-10,12-13H,5H2,1-4H3/t7-,8-,9+,10-,12-,13-/m1/s1. The summed E-state index contributed by atoms with van der Waals surface area (Å²) < 4.78 is 23.6. The number of ether oxygens (including phenoxy) is 4. The Balaban J connectivity index is 1.53. The van der Waals surface area contributed by atoms with Gasteiger partial charge in [0.15, 0.2) is 12.1 Å². The van der Waals surface area contributed by atoms with Crippen molar-refractivity contribution in [2.45, 2.75) is 64.3 Å². The summed E-state index contributed by atoms with van der Waals surface area (Å²) in [5, 5.41) is 0. The second-order valence-electron chi connectivity index (χ2n) is 6.89. The van der Waals surface area contributed by atoms with Gasteiger partial charge in [0.05, 0.1) is 12.5 Å². The Kier molecular flexibility index (Phi) is 2.56. The molecule has 4 rings (SSSR count). The van der Waals surface area contributed by atoms with Gasteiger partial charge in [-0.2, -0.15) is 0 Å². The summed E-state index contributed by atoms with van der Waals surface area (Å²) in [4.78, 5) is 13.9. The third-order valence-electron chi connectivity index (χ3n) is 4.66. The molecule has 6 nitrogen and oxygen atoms in total. The normalized spacial score (nSPS) is 48.9. The summed E-state index contributed by atoms with van der Waals surface area (Å²) in [6.45, 7) is 8.45. The van der Waals surface area contributed by atoms with Crippen LogP contribution in [0.4, 0.5) is 0 Å². The van der Waals surface area contributed by atoms with E-state index >= 15 is 0 Å². The minimum Gasteiger partial charge on any atom is -0.348 e. The van der Waals surface area contributed by atoms with Crippen molar-refractivity contribution in [1.82, 2.24) is 4.90 Å². The average molecular weight is 283 g/mol. The van der Waals surface area contributed by atoms with Crippen LogP contribution in [0.15, 0.2) is 0 Å². The third-order valence-corrected chi connectivity index (χ3v) is 4.66. The van der Waals surface area contributed by atoms with Gasteiger partial charge in [-0.05, 0) is 19.8 Å². The van der Waals surface area contributed by atoms with Gasteiger partial charge in [-0.1, -0.05) is 13.8 Å². The highest BCUT2D eigenvalue weighted by atomic mass is 16.8. The summed E-state index contributed by atoms with van der Waals surface area (Å²) >= 11 is 0. The Morgan fingerprint density at radius 2 is 1.95 bits per heavy atom. The van der Waals surface area contributed by atoms with Crippen LogP contribution in [-0.2, 0) is 23.7 Å². The molecule has 0 aromatic carbocycles. The predicted molar refractivity (Wildman–Crippen MR) is 67.4 cm³/mol. The zero-order chi connectivity index (χ0) is 14.2. The molecule has 4 saturated heterocycles. The van der Waals surface area contributed by atoms with Crippen molar-refractivity contribution in [1.29, 1.82) is 0 Å². The van der Waals surface area contributed by atoms with Gasteiger partial charge < -0.3 is 23.8 Å². The number of hydrogen-bond donors (Lipinski definition) is 0. The molecule has 6 heteroatoms. The van der Waals surface area contributed by atoms with E-state index in [1.165, 1.54) is 0 Å². The van der Waals surface area contributed by atoms with Crippen molar-refractivity contribution in [3.63, 3.8) is 0 Å². The number of nitrogens with zero attached hydrogens (tertiary/aromatic N) is 1. The molecular weight excluding hydrogens is 262 g/mol. The number of hydrogen-bond acceptors (Lipinski definition) is 5. The minimum absolute atomic E-state index is 0.0367. The topological polar surface area (TPSA) is 57.2 Å². The van der Waals surface area contributed by atoms with E-state index in [2.05, 4.69) is 13.8 Å². The number of fused-ring (bicyclic) bond motifs is 4. The van der Waals surface area contributed by atoms with Gasteiger partial charge in [0.2, 0.25) is 5.91 Å². The largest absolute Gasteiger partial charge is 0.348 e. The maximum absolute atomic E-state index is 12.1. The number of amides is 1. The molecule has 0 aliphatic carbocycles. The molecule has 0 radical (unpaired) electrons. The minimum atomic E-state index is -0.631. The molecule has 4 fully saturated rings. The fourth-order valence-electron chi connectivity index (χ4n) is 3.73. The summed E-state index contributed by atoms with van der Waals surface area (Å²) in [7, 11) is 0. The van der Waals surface area contributed by atoms with E-state index in [1.54, 1.807) is 4.90 Å². The molecule has 112 valence electrons. The van der Waals surface area contributed by atoms with Gasteiger partial charge in [-0.15, -0.1) is 0 Å². The van der Waals surface area contributed by atoms with Crippen LogP contribution < -0.4 is 0 Å². The first kappa shape index (κ1) is 13.0. The van der Waals surface area contributed by atoms with Crippen molar-refractivity contribution >= 4 is 5.91 Å². The Morgan fingerprint density at radius 3 is 2.65 bits per heavy atom. The van der Waals surface area contributed by atoms with Crippen molar-refractivity contribution in [3.8, 4) is 0 Å². The number of β-lactam (4-membered cyclic amide) rings is 1. The van der Waals surface area contributed by atoms with Crippen LogP contribution in [0.3, 0.4) is 0 Å². The average Bonchev–Trinajstić information content (AvgIpc) is 2.79. The van der Waals surface area contributed by atoms with Crippen LogP contribution in [0.2, 0.25) is 0 Å². The highest BCUT2D eigenvalue weighted by Gasteiger charge is 2.63. The van der Waals surface area contributed by atoms with Gasteiger partial charge in [-0.25, -0.2) is 0 Å². The van der Waals surface area contributed by atoms with Gasteiger partial charge in [0.1, 0.15) is 24.5 Å². The van der Waals surface area contributed by atoms with E-state index in [4.69, 9.17) is 18.9 Å². The molecular formula is C14H21NO5. The van der Waals surface area contributed by atoms with Crippen LogP contribution in [0.1, 0.15) is 27.7 Å². The first-order valence-corrected chi connectivity index (χ1v) is 7.34. The molecule has 0 aromatic heterocycles. The molecule has 4 heterocycles. The Morgan fingerprint density at radius 1 is 1.20 bits per heavy atom. The molecule has 0 N–H and O–H groups in total. The van der Waals surface area contributed by atoms with Crippen molar-refractivity contribution in [3.05, 3.63) is 0 Å². The van der Waals surface area contributed by atoms with Gasteiger partial charge in [0, 0.05) is 0 Å². The number of carbonyl (C=O) groups is 1. The molecule has 0 spiro atoms. The van der Waals surface area contributed by atoms with Gasteiger partial charge in [0.25, 0.3) is 0 Å². The Hall–Kier alpha value is -0.690. The highest BCUT2D eigenvalue weighted by molar-refractivity contribution is 5.86. The molecule has 6 atom stereocenters. The lowest BCUT2D eigenvalue weighted by molar-refractivity contribution is -0.275. The van der Waals surface area contributed by atoms with E-state index in [-0.39, 0.29) is 48.6 Å². The van der Waals surface area contributed by atoms with Crippen LogP contribution >= 0.6 is 0 Å². The summed E-state index contributed by atoms with van der Waals surface area (Å²) in [6, 6.07) is 0. The van der Waals surface area contributed by atoms with Crippen LogP contribution in [-0.4, -0.2) is 54.0 Å². The summed E-state index contributed by atoms with van der Waals surface area (Å²) in [5.41, 5.74) is 0. The van der Waals surface area contributed by atoms with Crippen LogP contribution in [0.25, 0.3) is 0 Å². The molecule has 0 unspecified atom stereocenters. The van der Waals surface area contributed by atoms with E-state index in [0.717, 1.165) is 0 Å². The Labute approximate surface area is 118 Å². The smallest absolute Gasteiger partial charge is 0.232 e. The first-order valence-electron chi connectivity index (χ1n) is 7.34. The summed E-state index contributed by atoms with van der Waals surface area (Å²) in [6.07, 6.45) is -0.989. The van der Waals surface area contributed by atoms with Crippen LogP contribution in [0, 0.1) is 11.8 Å². The van der Waals surface area contributed by atoms with Crippen molar-refractivity contribution in [2.75, 3.05) is 6.54 Å². The lowest BCUT2D eigenvalue weighted by Gasteiger charge is -2.53. The molecule has 0 aromatic rings. The fraction of sp³-hybridized carbons (Fsp3) is 0.929. The highest BCUT2D eigenvalue weighted by Crippen LogP contribution is 2.45. The van der Waals surface area contributed by atoms with Crippen LogP contribution in [0.5, 0.6) is 0 Å². The lowest BCUT2D eigenvalue weighted by Crippen LogP contribution is -2.70. The quantitative estimate of drug-likeness (QED) is 0.663. The molecule has 4 aliphatic heterocycles. The lowest BCUT2D eigenvalue weighted by atomic mass is 9.83. The molecule has 20 heavy (non-hydrogen) atoms. The van der Waals surface area contributed by atoms with E-state index < -0.39 is 5.79 Å². The van der Waals surface area contributed by atoms with E-state index in [9.17, 15) is 4.79 Å². The third kappa shape index (κ3) is 1.62. The second-order valence-corrected chi connectivity index (χ2v) is 6.89. The van der Waals surface area contributed by atoms with Gasteiger partial charge >= 0.3 is 0 Å². The summed E-state index contributed by atoms with van der Waals surface area (Å²) in [5.74, 6) is -0.208. The predicted octanol–water partition coefficient (Wildman–Crippen LogP) is 0.702. The SMILES string of the molecule is CC(C)[C@@H]1C(=O)N2C[C@H]3O[C@@H]4OC(C)(C)O[C@@H]4[C@H]3O[C@H]12. The molecule has 1 amide bonds. The zero-order valence-corrected chi connectivity index (χ0v) is 12.2. The molecule has 0 bridgehead atoms. The number of rotatable bonds is 1. The second kappa shape index (κ2) is 3.94. The van der Waals surface area contributed by atoms with Crippen molar-refractivity contribution in [2.24, 2.45) is 11.8 Å². The maximum Gasteiger partial charge on any atom is 0.232 e. The maximum atomic E-state index is 12.1. The first-order chi connectivity index (χ1) is 9.37. The Bertz CT molecular complexity index is 451. The van der Waals surface area contributed by atoms with E-state index in [1.807, 2.05) is 13.8 Å². The molecule has 0 saturated carbocycles. The van der Waals surface area contributed by atoms with Crippen molar-refractivity contribution < 1.29 is 23.7 Å². The van der Waals surface area contributed by atoms with Gasteiger partial charge in [-0.3, -0.25) is 4.79 Å². The fourth-order valence-corrected chi connectivity index (χ4v) is 3.73. The van der Waals surface area contributed by atoms with E-state index in [0.29, 0.717) is 6.54 Å². The molecule has 4 aliphatic rings. The monoisotopic (exact) mass is 283 g/mol. The number of carbonyl (C=O) groups excluding carboxylic acids is 1.